The maximum Gasteiger partial charge on any atom is 0.270 e. The van der Waals surface area contributed by atoms with Gasteiger partial charge in [0.25, 0.3) is 11.8 Å². The van der Waals surface area contributed by atoms with E-state index in [0.29, 0.717) is 36.0 Å². The van der Waals surface area contributed by atoms with Crippen LogP contribution in [0, 0.1) is 6.92 Å². The van der Waals surface area contributed by atoms with Crippen LogP contribution < -0.4 is 19.7 Å². The molecular formula is C27H23BrN2O4S. The van der Waals surface area contributed by atoms with Gasteiger partial charge in [-0.15, -0.1) is 0 Å². The van der Waals surface area contributed by atoms with E-state index in [4.69, 9.17) is 21.7 Å². The molecule has 1 aliphatic heterocycles. The summed E-state index contributed by atoms with van der Waals surface area (Å²) in [6.07, 6.45) is 1.53. The van der Waals surface area contributed by atoms with Crippen molar-refractivity contribution in [1.82, 2.24) is 5.32 Å². The molecule has 1 saturated heterocycles. The van der Waals surface area contributed by atoms with E-state index in [1.165, 1.54) is 11.0 Å². The summed E-state index contributed by atoms with van der Waals surface area (Å²) >= 11 is 8.67. The van der Waals surface area contributed by atoms with Crippen LogP contribution >= 0.6 is 28.1 Å². The number of hydrogen-bond donors (Lipinski definition) is 1. The van der Waals surface area contributed by atoms with E-state index in [9.17, 15) is 9.59 Å². The maximum absolute atomic E-state index is 13.3. The van der Waals surface area contributed by atoms with Gasteiger partial charge in [-0.1, -0.05) is 57.9 Å². The summed E-state index contributed by atoms with van der Waals surface area (Å²) in [6.45, 7) is 4.74. The highest BCUT2D eigenvalue weighted by molar-refractivity contribution is 9.10. The lowest BCUT2D eigenvalue weighted by Gasteiger charge is -2.29. The molecule has 0 aliphatic carbocycles. The third-order valence-electron chi connectivity index (χ3n) is 5.22. The Bertz CT molecular complexity index is 1340. The van der Waals surface area contributed by atoms with Crippen molar-refractivity contribution in [2.45, 2.75) is 20.5 Å². The van der Waals surface area contributed by atoms with E-state index >= 15 is 0 Å². The van der Waals surface area contributed by atoms with Crippen molar-refractivity contribution in [2.24, 2.45) is 0 Å². The molecule has 178 valence electrons. The molecule has 0 saturated carbocycles. The Morgan fingerprint density at radius 2 is 1.80 bits per heavy atom. The average molecular weight is 551 g/mol. The number of halogens is 1. The minimum atomic E-state index is -0.552. The highest BCUT2D eigenvalue weighted by Gasteiger charge is 2.34. The number of carbonyl (C=O) groups excluding carboxylic acids is 2. The predicted octanol–water partition coefficient (Wildman–Crippen LogP) is 5.57. The first kappa shape index (κ1) is 24.6. The largest absolute Gasteiger partial charge is 0.490 e. The van der Waals surface area contributed by atoms with Gasteiger partial charge in [-0.2, -0.15) is 0 Å². The van der Waals surface area contributed by atoms with Crippen molar-refractivity contribution in [3.63, 3.8) is 0 Å². The van der Waals surface area contributed by atoms with Gasteiger partial charge in [-0.05, 0) is 73.6 Å². The topological polar surface area (TPSA) is 67.9 Å². The third kappa shape index (κ3) is 5.78. The molecule has 2 amide bonds. The first-order valence-electron chi connectivity index (χ1n) is 11.0. The third-order valence-corrected chi connectivity index (χ3v) is 6.00. The van der Waals surface area contributed by atoms with Crippen LogP contribution in [-0.2, 0) is 16.2 Å². The predicted molar refractivity (Wildman–Crippen MR) is 143 cm³/mol. The molecule has 8 heteroatoms. The van der Waals surface area contributed by atoms with Gasteiger partial charge in [0, 0.05) is 4.47 Å². The highest BCUT2D eigenvalue weighted by atomic mass is 79.9. The second-order valence-corrected chi connectivity index (χ2v) is 9.16. The summed E-state index contributed by atoms with van der Waals surface area (Å²) in [6, 6.07) is 20.5. The summed E-state index contributed by atoms with van der Waals surface area (Å²) < 4.78 is 12.6. The molecule has 0 unspecified atom stereocenters. The fourth-order valence-corrected chi connectivity index (χ4v) is 4.31. The zero-order chi connectivity index (χ0) is 24.9. The van der Waals surface area contributed by atoms with E-state index < -0.39 is 11.8 Å². The summed E-state index contributed by atoms with van der Waals surface area (Å²) in [5.74, 6) is 0.0444. The van der Waals surface area contributed by atoms with Crippen LogP contribution in [0.3, 0.4) is 0 Å². The lowest BCUT2D eigenvalue weighted by molar-refractivity contribution is -0.122. The summed E-state index contributed by atoms with van der Waals surface area (Å²) in [5.41, 5.74) is 3.35. The Balaban J connectivity index is 1.61. The summed E-state index contributed by atoms with van der Waals surface area (Å²) in [4.78, 5) is 27.2. The number of carbonyl (C=O) groups is 2. The van der Waals surface area contributed by atoms with Crippen molar-refractivity contribution in [3.05, 3.63) is 93.5 Å². The van der Waals surface area contributed by atoms with Crippen molar-refractivity contribution < 1.29 is 19.1 Å². The number of ether oxygens (including phenoxy) is 2. The van der Waals surface area contributed by atoms with Crippen LogP contribution in [-0.4, -0.2) is 23.5 Å². The zero-order valence-electron chi connectivity index (χ0n) is 19.2. The number of hydrogen-bond acceptors (Lipinski definition) is 5. The normalized spacial score (nSPS) is 14.8. The average Bonchev–Trinajstić information content (AvgIpc) is 2.81. The Hall–Kier alpha value is -3.49. The van der Waals surface area contributed by atoms with E-state index in [2.05, 4.69) is 27.3 Å². The molecule has 0 bridgehead atoms. The Morgan fingerprint density at radius 1 is 1.00 bits per heavy atom. The molecule has 1 fully saturated rings. The number of rotatable bonds is 7. The molecule has 3 aromatic carbocycles. The van der Waals surface area contributed by atoms with Crippen LogP contribution in [0.15, 0.2) is 76.8 Å². The molecule has 1 heterocycles. The number of nitrogens with zero attached hydrogens (tertiary/aromatic N) is 1. The Kier molecular flexibility index (Phi) is 7.63. The monoisotopic (exact) mass is 550 g/mol. The number of benzene rings is 3. The lowest BCUT2D eigenvalue weighted by atomic mass is 10.1. The van der Waals surface area contributed by atoms with Crippen LogP contribution in [0.4, 0.5) is 5.69 Å². The van der Waals surface area contributed by atoms with E-state index in [0.717, 1.165) is 15.6 Å². The van der Waals surface area contributed by atoms with Crippen LogP contribution in [0.1, 0.15) is 23.6 Å². The molecular weight excluding hydrogens is 528 g/mol. The molecule has 0 radical (unpaired) electrons. The SMILES string of the molecule is CCOc1cc(C=C2C(=O)NC(=S)N(c3cccc(Br)c3)C2=O)ccc1OCc1cccc(C)c1. The van der Waals surface area contributed by atoms with Gasteiger partial charge in [0.15, 0.2) is 16.6 Å². The first-order chi connectivity index (χ1) is 16.9. The first-order valence-corrected chi connectivity index (χ1v) is 12.2. The molecule has 1 N–H and O–H groups in total. The van der Waals surface area contributed by atoms with Crippen molar-refractivity contribution in [1.29, 1.82) is 0 Å². The molecule has 0 atom stereocenters. The Labute approximate surface area is 217 Å². The number of aryl methyl sites for hydroxylation is 1. The number of amides is 2. The summed E-state index contributed by atoms with van der Waals surface area (Å²) in [5, 5.41) is 2.63. The summed E-state index contributed by atoms with van der Waals surface area (Å²) in [7, 11) is 0. The number of nitrogens with one attached hydrogen (secondary N) is 1. The van der Waals surface area contributed by atoms with Gasteiger partial charge in [-0.25, -0.2) is 0 Å². The van der Waals surface area contributed by atoms with Gasteiger partial charge in [0.2, 0.25) is 0 Å². The lowest BCUT2D eigenvalue weighted by Crippen LogP contribution is -2.54. The van der Waals surface area contributed by atoms with Crippen LogP contribution in [0.5, 0.6) is 11.5 Å². The second kappa shape index (κ2) is 10.8. The highest BCUT2D eigenvalue weighted by Crippen LogP contribution is 2.31. The fraction of sp³-hybridized carbons (Fsp3) is 0.148. The zero-order valence-corrected chi connectivity index (χ0v) is 21.6. The molecule has 0 spiro atoms. The van der Waals surface area contributed by atoms with Crippen molar-refractivity contribution in [2.75, 3.05) is 11.5 Å². The van der Waals surface area contributed by atoms with Gasteiger partial charge in [-0.3, -0.25) is 19.8 Å². The maximum atomic E-state index is 13.3. The number of anilines is 1. The van der Waals surface area contributed by atoms with Gasteiger partial charge in [0.05, 0.1) is 12.3 Å². The standard InChI is InChI=1S/C27H23BrN2O4S/c1-3-33-24-14-18(10-11-23(24)34-16-19-7-4-6-17(2)12-19)13-22-25(31)29-27(35)30(26(22)32)21-9-5-8-20(28)15-21/h4-15H,3,16H2,1-2H3,(H,29,31,35). The van der Waals surface area contributed by atoms with Crippen molar-refractivity contribution >= 4 is 56.8 Å². The van der Waals surface area contributed by atoms with Crippen molar-refractivity contribution in [3.8, 4) is 11.5 Å². The fourth-order valence-electron chi connectivity index (χ4n) is 3.64. The molecule has 3 aromatic rings. The smallest absolute Gasteiger partial charge is 0.270 e. The van der Waals surface area contributed by atoms with Crippen LogP contribution in [0.25, 0.3) is 6.08 Å². The van der Waals surface area contributed by atoms with Gasteiger partial charge < -0.3 is 9.47 Å². The quantitative estimate of drug-likeness (QED) is 0.237. The van der Waals surface area contributed by atoms with Crippen LogP contribution in [0.2, 0.25) is 0 Å². The molecule has 4 rings (SSSR count). The molecule has 1 aliphatic rings. The van der Waals surface area contributed by atoms with E-state index in [-0.39, 0.29) is 10.7 Å². The number of thiocarbonyl (C=S) groups is 1. The van der Waals surface area contributed by atoms with Gasteiger partial charge >= 0.3 is 0 Å². The molecule has 6 nitrogen and oxygen atoms in total. The van der Waals surface area contributed by atoms with E-state index in [1.54, 1.807) is 36.4 Å². The molecule has 35 heavy (non-hydrogen) atoms. The van der Waals surface area contributed by atoms with Gasteiger partial charge in [0.1, 0.15) is 12.2 Å². The minimum Gasteiger partial charge on any atom is -0.490 e. The Morgan fingerprint density at radius 3 is 2.54 bits per heavy atom. The second-order valence-electron chi connectivity index (χ2n) is 7.85. The molecule has 0 aromatic heterocycles. The minimum absolute atomic E-state index is 0.0325. The van der Waals surface area contributed by atoms with E-state index in [1.807, 2.05) is 38.1 Å².